The van der Waals surface area contributed by atoms with Crippen molar-refractivity contribution in [3.63, 3.8) is 0 Å². The number of amides is 1. The second-order valence-corrected chi connectivity index (χ2v) is 9.63. The summed E-state index contributed by atoms with van der Waals surface area (Å²) in [6, 6.07) is 12.5. The minimum absolute atomic E-state index is 0.126. The third-order valence-electron chi connectivity index (χ3n) is 4.87. The lowest BCUT2D eigenvalue weighted by atomic mass is 10.1. The molecule has 0 radical (unpaired) electrons. The van der Waals surface area contributed by atoms with Crippen LogP contribution in [0.15, 0.2) is 61.2 Å². The highest BCUT2D eigenvalue weighted by Crippen LogP contribution is 2.37. The van der Waals surface area contributed by atoms with Gasteiger partial charge in [0.15, 0.2) is 6.10 Å². The number of aromatic nitrogens is 2. The molecule has 2 aromatic carbocycles. The molecule has 0 fully saturated rings. The number of hydrogen-bond donors (Lipinski definition) is 1. The van der Waals surface area contributed by atoms with Gasteiger partial charge in [-0.25, -0.2) is 13.4 Å². The van der Waals surface area contributed by atoms with Gasteiger partial charge < -0.3 is 14.6 Å². The number of hydrogen-bond acceptors (Lipinski definition) is 5. The predicted molar refractivity (Wildman–Crippen MR) is 118 cm³/mol. The fraction of sp³-hybridized carbons (Fsp3) is 0.238. The summed E-state index contributed by atoms with van der Waals surface area (Å²) in [7, 11) is -3.61. The molecule has 3 aromatic rings. The molecule has 10 heteroatoms. The van der Waals surface area contributed by atoms with Crippen LogP contribution in [0, 0.1) is 0 Å². The molecule has 0 saturated carbocycles. The van der Waals surface area contributed by atoms with Crippen LogP contribution in [-0.2, 0) is 27.9 Å². The monoisotopic (exact) mass is 460 g/mol. The molecular formula is C21H21ClN4O4S. The molecule has 2 heterocycles. The van der Waals surface area contributed by atoms with Crippen LogP contribution < -0.4 is 14.4 Å². The first-order valence-electron chi connectivity index (χ1n) is 9.55. The molecule has 4 rings (SSSR count). The highest BCUT2D eigenvalue weighted by atomic mass is 35.5. The third-order valence-corrected chi connectivity index (χ3v) is 6.25. The van der Waals surface area contributed by atoms with Gasteiger partial charge in [0.05, 0.1) is 24.8 Å². The van der Waals surface area contributed by atoms with Crippen molar-refractivity contribution in [1.29, 1.82) is 0 Å². The molecule has 0 bridgehead atoms. The molecule has 0 spiro atoms. The van der Waals surface area contributed by atoms with Crippen LogP contribution in [0.3, 0.4) is 0 Å². The SMILES string of the molecule is CS(=O)(=O)N1CC(C(=O)NCc2cccc(Cn3ccnc3)c2)Oc2ccc(Cl)cc21. The van der Waals surface area contributed by atoms with E-state index in [2.05, 4.69) is 10.3 Å². The molecule has 1 amide bonds. The summed E-state index contributed by atoms with van der Waals surface area (Å²) < 4.78 is 33.4. The van der Waals surface area contributed by atoms with E-state index in [9.17, 15) is 13.2 Å². The van der Waals surface area contributed by atoms with E-state index < -0.39 is 22.0 Å². The highest BCUT2D eigenvalue weighted by Gasteiger charge is 2.35. The number of carbonyl (C=O) groups excluding carboxylic acids is 1. The molecule has 1 N–H and O–H groups in total. The lowest BCUT2D eigenvalue weighted by Gasteiger charge is -2.34. The van der Waals surface area contributed by atoms with Gasteiger partial charge in [0.25, 0.3) is 5.91 Å². The Morgan fingerprint density at radius 3 is 2.81 bits per heavy atom. The van der Waals surface area contributed by atoms with Crippen molar-refractivity contribution in [2.24, 2.45) is 0 Å². The summed E-state index contributed by atoms with van der Waals surface area (Å²) in [5.74, 6) is -0.0992. The van der Waals surface area contributed by atoms with E-state index in [4.69, 9.17) is 16.3 Å². The Morgan fingerprint density at radius 2 is 2.06 bits per heavy atom. The average molecular weight is 461 g/mol. The van der Waals surface area contributed by atoms with Crippen molar-refractivity contribution in [1.82, 2.24) is 14.9 Å². The van der Waals surface area contributed by atoms with E-state index in [0.29, 0.717) is 29.5 Å². The van der Waals surface area contributed by atoms with Gasteiger partial charge in [-0.15, -0.1) is 0 Å². The third kappa shape index (κ3) is 5.00. The largest absolute Gasteiger partial charge is 0.476 e. The van der Waals surface area contributed by atoms with Gasteiger partial charge in [-0.1, -0.05) is 35.9 Å². The number of fused-ring (bicyclic) bond motifs is 1. The van der Waals surface area contributed by atoms with Crippen LogP contribution in [0.4, 0.5) is 5.69 Å². The standard InChI is InChI=1S/C21H21ClN4O4S/c1-31(28,29)26-13-20(30-19-6-5-17(22)10-18(19)26)21(27)24-11-15-3-2-4-16(9-15)12-25-8-7-23-14-25/h2-10,14,20H,11-13H2,1H3,(H,24,27). The first-order valence-corrected chi connectivity index (χ1v) is 11.8. The van der Waals surface area contributed by atoms with Gasteiger partial charge in [0.2, 0.25) is 10.0 Å². The Balaban J connectivity index is 1.45. The van der Waals surface area contributed by atoms with Gasteiger partial charge in [-0.3, -0.25) is 9.10 Å². The first kappa shape index (κ1) is 21.2. The van der Waals surface area contributed by atoms with E-state index in [-0.39, 0.29) is 6.54 Å². The molecule has 1 atom stereocenters. The van der Waals surface area contributed by atoms with Gasteiger partial charge in [-0.05, 0) is 29.3 Å². The van der Waals surface area contributed by atoms with Crippen molar-refractivity contribution in [2.75, 3.05) is 17.1 Å². The zero-order valence-electron chi connectivity index (χ0n) is 16.7. The summed E-state index contributed by atoms with van der Waals surface area (Å²) in [4.78, 5) is 16.8. The van der Waals surface area contributed by atoms with Crippen molar-refractivity contribution < 1.29 is 17.9 Å². The number of rotatable bonds is 6. The summed E-state index contributed by atoms with van der Waals surface area (Å²) in [5.41, 5.74) is 2.33. The zero-order chi connectivity index (χ0) is 22.0. The molecule has 1 unspecified atom stereocenters. The minimum Gasteiger partial charge on any atom is -0.476 e. The van der Waals surface area contributed by atoms with Crippen molar-refractivity contribution in [3.8, 4) is 5.75 Å². The number of benzene rings is 2. The van der Waals surface area contributed by atoms with Crippen LogP contribution >= 0.6 is 11.6 Å². The van der Waals surface area contributed by atoms with E-state index in [1.165, 1.54) is 6.07 Å². The topological polar surface area (TPSA) is 93.5 Å². The molecule has 31 heavy (non-hydrogen) atoms. The second kappa shape index (κ2) is 8.60. The second-order valence-electron chi connectivity index (χ2n) is 7.29. The number of nitrogens with one attached hydrogen (secondary N) is 1. The molecule has 162 valence electrons. The lowest BCUT2D eigenvalue weighted by Crippen LogP contribution is -2.50. The summed E-state index contributed by atoms with van der Waals surface area (Å²) in [6.07, 6.45) is 5.46. The zero-order valence-corrected chi connectivity index (χ0v) is 18.3. The number of ether oxygens (including phenoxy) is 1. The van der Waals surface area contributed by atoms with Gasteiger partial charge in [-0.2, -0.15) is 0 Å². The van der Waals surface area contributed by atoms with Gasteiger partial charge in [0, 0.05) is 30.5 Å². The molecular weight excluding hydrogens is 440 g/mol. The molecule has 1 aromatic heterocycles. The number of nitrogens with zero attached hydrogens (tertiary/aromatic N) is 3. The Hall–Kier alpha value is -3.04. The average Bonchev–Trinajstić information content (AvgIpc) is 3.23. The Bertz CT molecular complexity index is 1200. The van der Waals surface area contributed by atoms with Crippen LogP contribution in [0.2, 0.25) is 5.02 Å². The molecule has 0 aliphatic carbocycles. The fourth-order valence-electron chi connectivity index (χ4n) is 3.41. The molecule has 0 saturated heterocycles. The van der Waals surface area contributed by atoms with E-state index in [0.717, 1.165) is 21.7 Å². The summed E-state index contributed by atoms with van der Waals surface area (Å²) >= 11 is 6.00. The van der Waals surface area contributed by atoms with Crippen LogP contribution in [0.1, 0.15) is 11.1 Å². The van der Waals surface area contributed by atoms with Crippen LogP contribution in [0.25, 0.3) is 0 Å². The Morgan fingerprint density at radius 1 is 1.26 bits per heavy atom. The van der Waals surface area contributed by atoms with Crippen molar-refractivity contribution >= 4 is 33.2 Å². The number of imidazole rings is 1. The summed E-state index contributed by atoms with van der Waals surface area (Å²) in [6.45, 7) is 0.845. The molecule has 1 aliphatic heterocycles. The maximum Gasteiger partial charge on any atom is 0.263 e. The van der Waals surface area contributed by atoms with Gasteiger partial charge in [0.1, 0.15) is 5.75 Å². The maximum atomic E-state index is 12.8. The number of sulfonamides is 1. The predicted octanol–water partition coefficient (Wildman–Crippen LogP) is 2.43. The highest BCUT2D eigenvalue weighted by molar-refractivity contribution is 7.92. The number of carbonyl (C=O) groups is 1. The van der Waals surface area contributed by atoms with Crippen molar-refractivity contribution in [2.45, 2.75) is 19.2 Å². The van der Waals surface area contributed by atoms with E-state index in [1.807, 2.05) is 35.0 Å². The normalized spacial score (nSPS) is 15.8. The molecule has 8 nitrogen and oxygen atoms in total. The Labute approximate surface area is 185 Å². The van der Waals surface area contributed by atoms with Crippen LogP contribution in [-0.4, -0.2) is 42.8 Å². The first-order chi connectivity index (χ1) is 14.8. The summed E-state index contributed by atoms with van der Waals surface area (Å²) in [5, 5.41) is 3.22. The minimum atomic E-state index is -3.61. The molecule has 1 aliphatic rings. The van der Waals surface area contributed by atoms with E-state index >= 15 is 0 Å². The maximum absolute atomic E-state index is 12.8. The number of halogens is 1. The van der Waals surface area contributed by atoms with E-state index in [1.54, 1.807) is 24.7 Å². The van der Waals surface area contributed by atoms with Crippen LogP contribution in [0.5, 0.6) is 5.75 Å². The lowest BCUT2D eigenvalue weighted by molar-refractivity contribution is -0.127. The number of anilines is 1. The van der Waals surface area contributed by atoms with Crippen molar-refractivity contribution in [3.05, 3.63) is 77.3 Å². The smallest absolute Gasteiger partial charge is 0.263 e. The van der Waals surface area contributed by atoms with Gasteiger partial charge >= 0.3 is 0 Å². The fourth-order valence-corrected chi connectivity index (χ4v) is 4.48. The quantitative estimate of drug-likeness (QED) is 0.609. The Kier molecular flexibility index (Phi) is 5.88.